The normalized spacial score (nSPS) is 10.1. The zero-order valence-corrected chi connectivity index (χ0v) is 13.0. The average Bonchev–Trinajstić information content (AvgIpc) is 2.49. The molecule has 0 fully saturated rings. The van der Waals surface area contributed by atoms with Gasteiger partial charge in [0.1, 0.15) is 10.7 Å². The zero-order chi connectivity index (χ0) is 15.1. The summed E-state index contributed by atoms with van der Waals surface area (Å²) in [5.74, 6) is 0.900. The second-order valence-electron chi connectivity index (χ2n) is 4.80. The largest absolute Gasteiger partial charge is 0.494 e. The van der Waals surface area contributed by atoms with Gasteiger partial charge in [0.15, 0.2) is 0 Å². The van der Waals surface area contributed by atoms with Gasteiger partial charge >= 0.3 is 0 Å². The van der Waals surface area contributed by atoms with Crippen molar-refractivity contribution >= 4 is 22.9 Å². The van der Waals surface area contributed by atoms with Crippen LogP contribution in [0.5, 0.6) is 5.75 Å². The van der Waals surface area contributed by atoms with E-state index in [-0.39, 0.29) is 0 Å². The van der Waals surface area contributed by atoms with Crippen LogP contribution in [0.15, 0.2) is 48.5 Å². The van der Waals surface area contributed by atoms with Gasteiger partial charge < -0.3 is 15.8 Å². The number of rotatable bonds is 7. The summed E-state index contributed by atoms with van der Waals surface area (Å²) in [6, 6.07) is 15.8. The molecule has 110 valence electrons. The monoisotopic (exact) mass is 300 g/mol. The number of nitrogens with two attached hydrogens (primary N) is 1. The van der Waals surface area contributed by atoms with Crippen LogP contribution in [0.3, 0.4) is 0 Å². The number of ether oxygens (including phenoxy) is 1. The van der Waals surface area contributed by atoms with Gasteiger partial charge in [0.05, 0.1) is 6.61 Å². The molecule has 0 radical (unpaired) electrons. The number of benzene rings is 2. The van der Waals surface area contributed by atoms with Gasteiger partial charge in [-0.2, -0.15) is 0 Å². The van der Waals surface area contributed by atoms with E-state index in [1.807, 2.05) is 55.5 Å². The predicted molar refractivity (Wildman–Crippen MR) is 92.1 cm³/mol. The van der Waals surface area contributed by atoms with E-state index in [2.05, 4.69) is 5.32 Å². The van der Waals surface area contributed by atoms with E-state index in [9.17, 15) is 0 Å². The second kappa shape index (κ2) is 7.64. The predicted octanol–water partition coefficient (Wildman–Crippen LogP) is 3.51. The number of thiocarbonyl (C=S) groups is 1. The van der Waals surface area contributed by atoms with Gasteiger partial charge in [0, 0.05) is 17.8 Å². The van der Waals surface area contributed by atoms with Crippen LogP contribution in [0.25, 0.3) is 0 Å². The van der Waals surface area contributed by atoms with Crippen LogP contribution in [0.2, 0.25) is 0 Å². The minimum Gasteiger partial charge on any atom is -0.494 e. The Bertz CT molecular complexity index is 599. The van der Waals surface area contributed by atoms with Crippen molar-refractivity contribution in [1.82, 2.24) is 0 Å². The molecule has 0 spiro atoms. The summed E-state index contributed by atoms with van der Waals surface area (Å²) in [6.45, 7) is 3.53. The summed E-state index contributed by atoms with van der Waals surface area (Å²) in [5, 5.41) is 3.40. The lowest BCUT2D eigenvalue weighted by atomic mass is 10.1. The maximum absolute atomic E-state index is 5.76. The molecule has 0 aliphatic carbocycles. The first-order valence-electron chi connectivity index (χ1n) is 6.99. The van der Waals surface area contributed by atoms with E-state index in [1.54, 1.807) is 0 Å². The second-order valence-corrected chi connectivity index (χ2v) is 5.24. The lowest BCUT2D eigenvalue weighted by Gasteiger charge is -2.14. The van der Waals surface area contributed by atoms with E-state index in [0.29, 0.717) is 11.6 Å². The molecule has 3 N–H and O–H groups in total. The first-order valence-corrected chi connectivity index (χ1v) is 7.40. The molecule has 0 amide bonds. The van der Waals surface area contributed by atoms with Crippen LogP contribution in [0.4, 0.5) is 5.69 Å². The highest BCUT2D eigenvalue weighted by molar-refractivity contribution is 7.80. The Balaban J connectivity index is 1.83. The smallest absolute Gasteiger partial charge is 0.119 e. The minimum absolute atomic E-state index is 0.418. The standard InChI is InChI=1S/C17H20N2OS/c1-13-7-5-10-15(17(18)21)16(13)19-11-6-12-20-14-8-3-2-4-9-14/h2-5,7-10,19H,6,11-12H2,1H3,(H2,18,21). The molecule has 4 heteroatoms. The third-order valence-electron chi connectivity index (χ3n) is 3.17. The highest BCUT2D eigenvalue weighted by atomic mass is 32.1. The number of para-hydroxylation sites is 2. The van der Waals surface area contributed by atoms with E-state index in [0.717, 1.165) is 35.5 Å². The number of hydrogen-bond acceptors (Lipinski definition) is 3. The Morgan fingerprint density at radius 2 is 1.90 bits per heavy atom. The minimum atomic E-state index is 0.418. The van der Waals surface area contributed by atoms with Crippen molar-refractivity contribution in [2.75, 3.05) is 18.5 Å². The molecule has 0 heterocycles. The maximum atomic E-state index is 5.76. The third kappa shape index (κ3) is 4.46. The van der Waals surface area contributed by atoms with Crippen LogP contribution < -0.4 is 15.8 Å². The van der Waals surface area contributed by atoms with Crippen LogP contribution in [-0.4, -0.2) is 18.1 Å². The topological polar surface area (TPSA) is 47.3 Å². The van der Waals surface area contributed by atoms with Gasteiger partial charge in [-0.25, -0.2) is 0 Å². The fourth-order valence-electron chi connectivity index (χ4n) is 2.10. The fraction of sp³-hybridized carbons (Fsp3) is 0.235. The Morgan fingerprint density at radius 3 is 2.62 bits per heavy atom. The molecule has 0 bridgehead atoms. The summed E-state index contributed by atoms with van der Waals surface area (Å²) in [4.78, 5) is 0.418. The zero-order valence-electron chi connectivity index (χ0n) is 12.1. The number of hydrogen-bond donors (Lipinski definition) is 2. The SMILES string of the molecule is Cc1cccc(C(N)=S)c1NCCCOc1ccccc1. The molecule has 21 heavy (non-hydrogen) atoms. The molecular formula is C17H20N2OS. The van der Waals surface area contributed by atoms with Crippen LogP contribution in [-0.2, 0) is 0 Å². The molecule has 0 unspecified atom stereocenters. The Hall–Kier alpha value is -2.07. The van der Waals surface area contributed by atoms with E-state index in [4.69, 9.17) is 22.7 Å². The van der Waals surface area contributed by atoms with Crippen molar-refractivity contribution in [3.8, 4) is 5.75 Å². The van der Waals surface area contributed by atoms with Crippen molar-refractivity contribution in [3.63, 3.8) is 0 Å². The third-order valence-corrected chi connectivity index (χ3v) is 3.39. The maximum Gasteiger partial charge on any atom is 0.119 e. The molecule has 3 nitrogen and oxygen atoms in total. The van der Waals surface area contributed by atoms with Gasteiger partial charge in [-0.1, -0.05) is 42.5 Å². The van der Waals surface area contributed by atoms with Crippen molar-refractivity contribution in [2.45, 2.75) is 13.3 Å². The Kier molecular flexibility index (Phi) is 5.58. The molecule has 2 aromatic carbocycles. The Morgan fingerprint density at radius 1 is 1.14 bits per heavy atom. The summed E-state index contributed by atoms with van der Waals surface area (Å²) < 4.78 is 5.66. The summed E-state index contributed by atoms with van der Waals surface area (Å²) in [6.07, 6.45) is 0.903. The van der Waals surface area contributed by atoms with Gasteiger partial charge in [0.25, 0.3) is 0 Å². The summed E-state index contributed by atoms with van der Waals surface area (Å²) in [7, 11) is 0. The Labute approximate surface area is 131 Å². The van der Waals surface area contributed by atoms with E-state index >= 15 is 0 Å². The molecule has 2 rings (SSSR count). The molecule has 0 aliphatic heterocycles. The number of anilines is 1. The molecule has 0 aliphatic rings. The van der Waals surface area contributed by atoms with Crippen LogP contribution >= 0.6 is 12.2 Å². The van der Waals surface area contributed by atoms with Gasteiger partial charge in [-0.05, 0) is 37.1 Å². The molecule has 0 saturated heterocycles. The highest BCUT2D eigenvalue weighted by Gasteiger charge is 2.06. The van der Waals surface area contributed by atoms with Crippen LogP contribution in [0, 0.1) is 6.92 Å². The first kappa shape index (κ1) is 15.3. The average molecular weight is 300 g/mol. The molecule has 0 aromatic heterocycles. The van der Waals surface area contributed by atoms with Crippen molar-refractivity contribution in [2.24, 2.45) is 5.73 Å². The van der Waals surface area contributed by atoms with Crippen LogP contribution in [0.1, 0.15) is 17.5 Å². The molecule has 0 saturated carbocycles. The summed E-state index contributed by atoms with van der Waals surface area (Å²) in [5.41, 5.74) is 8.81. The first-order chi connectivity index (χ1) is 10.2. The van der Waals surface area contributed by atoms with Gasteiger partial charge in [0.2, 0.25) is 0 Å². The van der Waals surface area contributed by atoms with E-state index in [1.165, 1.54) is 0 Å². The fourth-order valence-corrected chi connectivity index (χ4v) is 2.27. The number of nitrogens with one attached hydrogen (secondary N) is 1. The molecular weight excluding hydrogens is 280 g/mol. The van der Waals surface area contributed by atoms with Crippen molar-refractivity contribution < 1.29 is 4.74 Å². The lowest BCUT2D eigenvalue weighted by Crippen LogP contribution is -2.15. The highest BCUT2D eigenvalue weighted by Crippen LogP contribution is 2.20. The number of aryl methyl sites for hydroxylation is 1. The van der Waals surface area contributed by atoms with Gasteiger partial charge in [-0.3, -0.25) is 0 Å². The summed E-state index contributed by atoms with van der Waals surface area (Å²) >= 11 is 5.09. The lowest BCUT2D eigenvalue weighted by molar-refractivity contribution is 0.315. The van der Waals surface area contributed by atoms with E-state index < -0.39 is 0 Å². The quantitative estimate of drug-likeness (QED) is 0.607. The van der Waals surface area contributed by atoms with Crippen molar-refractivity contribution in [3.05, 3.63) is 59.7 Å². The molecule has 2 aromatic rings. The molecule has 0 atom stereocenters. The van der Waals surface area contributed by atoms with Gasteiger partial charge in [-0.15, -0.1) is 0 Å². The van der Waals surface area contributed by atoms with Crippen molar-refractivity contribution in [1.29, 1.82) is 0 Å².